The highest BCUT2D eigenvalue weighted by Gasteiger charge is 2.22. The Morgan fingerprint density at radius 2 is 1.75 bits per heavy atom. The lowest BCUT2D eigenvalue weighted by Gasteiger charge is -2.27. The highest BCUT2D eigenvalue weighted by Crippen LogP contribution is 2.25. The van der Waals surface area contributed by atoms with Crippen molar-refractivity contribution in [3.63, 3.8) is 0 Å². The van der Waals surface area contributed by atoms with Crippen LogP contribution in [0.2, 0.25) is 5.02 Å². The first-order chi connectivity index (χ1) is 11.6. The SMILES string of the molecule is N#CC(C#N)=C(C#N)Nc1ccc(Cl)cc1C(=O)N1CCCCC1. The van der Waals surface area contributed by atoms with Gasteiger partial charge >= 0.3 is 0 Å². The Bertz CT molecular complexity index is 788. The van der Waals surface area contributed by atoms with E-state index in [4.69, 9.17) is 27.4 Å². The number of hydrogen-bond donors (Lipinski definition) is 1. The van der Waals surface area contributed by atoms with Gasteiger partial charge in [0.05, 0.1) is 11.3 Å². The molecule has 0 atom stereocenters. The van der Waals surface area contributed by atoms with E-state index < -0.39 is 0 Å². The maximum atomic E-state index is 12.7. The quantitative estimate of drug-likeness (QED) is 0.851. The van der Waals surface area contributed by atoms with Gasteiger partial charge in [-0.3, -0.25) is 4.79 Å². The van der Waals surface area contributed by atoms with Crippen LogP contribution in [0.25, 0.3) is 0 Å². The van der Waals surface area contributed by atoms with E-state index in [1.807, 2.05) is 0 Å². The number of benzene rings is 1. The third-order valence-corrected chi connectivity index (χ3v) is 3.94. The van der Waals surface area contributed by atoms with E-state index in [-0.39, 0.29) is 17.2 Å². The molecule has 24 heavy (non-hydrogen) atoms. The lowest BCUT2D eigenvalue weighted by atomic mass is 10.1. The number of nitrogens with zero attached hydrogens (tertiary/aromatic N) is 4. The molecule has 1 fully saturated rings. The number of nitriles is 3. The van der Waals surface area contributed by atoms with Gasteiger partial charge in [0, 0.05) is 18.1 Å². The Morgan fingerprint density at radius 3 is 2.33 bits per heavy atom. The average molecular weight is 340 g/mol. The van der Waals surface area contributed by atoms with Crippen molar-refractivity contribution in [1.29, 1.82) is 15.8 Å². The van der Waals surface area contributed by atoms with Gasteiger partial charge in [-0.15, -0.1) is 0 Å². The molecule has 0 saturated carbocycles. The second kappa shape index (κ2) is 8.02. The summed E-state index contributed by atoms with van der Waals surface area (Å²) in [6.45, 7) is 1.35. The molecule has 1 amide bonds. The number of hydrogen-bond acceptors (Lipinski definition) is 5. The van der Waals surface area contributed by atoms with Gasteiger partial charge in [-0.2, -0.15) is 15.8 Å². The molecule has 0 radical (unpaired) electrons. The second-order valence-corrected chi connectivity index (χ2v) is 5.69. The number of allylic oxidation sites excluding steroid dienone is 2. The maximum absolute atomic E-state index is 12.7. The van der Waals surface area contributed by atoms with Crippen LogP contribution >= 0.6 is 11.6 Å². The van der Waals surface area contributed by atoms with Gasteiger partial charge in [-0.1, -0.05) is 11.6 Å². The van der Waals surface area contributed by atoms with Gasteiger partial charge in [0.15, 0.2) is 5.57 Å². The molecule has 2 rings (SSSR count). The molecule has 0 aromatic heterocycles. The van der Waals surface area contributed by atoms with Crippen molar-refractivity contribution < 1.29 is 4.79 Å². The minimum atomic E-state index is -0.344. The lowest BCUT2D eigenvalue weighted by molar-refractivity contribution is 0.0725. The molecule has 6 nitrogen and oxygen atoms in total. The Hall–Kier alpha value is -3.01. The van der Waals surface area contributed by atoms with E-state index >= 15 is 0 Å². The zero-order chi connectivity index (χ0) is 17.5. The number of amides is 1. The zero-order valence-electron chi connectivity index (χ0n) is 12.8. The molecule has 7 heteroatoms. The fraction of sp³-hybridized carbons (Fsp3) is 0.294. The molecular weight excluding hydrogens is 326 g/mol. The number of carbonyl (C=O) groups excluding carboxylic acids is 1. The molecule has 0 bridgehead atoms. The summed E-state index contributed by atoms with van der Waals surface area (Å²) in [6, 6.07) is 9.75. The van der Waals surface area contributed by atoms with Crippen LogP contribution in [0.4, 0.5) is 5.69 Å². The number of rotatable bonds is 3. The van der Waals surface area contributed by atoms with Crippen LogP contribution in [0.1, 0.15) is 29.6 Å². The molecule has 0 unspecified atom stereocenters. The Morgan fingerprint density at radius 1 is 1.08 bits per heavy atom. The first-order valence-electron chi connectivity index (χ1n) is 7.41. The topological polar surface area (TPSA) is 104 Å². The second-order valence-electron chi connectivity index (χ2n) is 5.25. The summed E-state index contributed by atoms with van der Waals surface area (Å²) in [5.74, 6) is -0.188. The summed E-state index contributed by atoms with van der Waals surface area (Å²) < 4.78 is 0. The molecule has 1 heterocycles. The standard InChI is InChI=1S/C17H14ClN5O/c18-13-4-5-15(22-16(11-21)12(9-19)10-20)14(8-13)17(24)23-6-2-1-3-7-23/h4-5,8,22H,1-3,6-7H2. The number of nitrogens with one attached hydrogen (secondary N) is 1. The molecule has 1 aromatic carbocycles. The molecule has 1 aliphatic rings. The summed E-state index contributed by atoms with van der Waals surface area (Å²) in [5, 5.41) is 30.1. The lowest BCUT2D eigenvalue weighted by Crippen LogP contribution is -2.36. The first kappa shape index (κ1) is 17.3. The minimum absolute atomic E-state index is 0.188. The van der Waals surface area contributed by atoms with E-state index in [0.29, 0.717) is 29.4 Å². The fourth-order valence-corrected chi connectivity index (χ4v) is 2.66. The summed E-state index contributed by atoms with van der Waals surface area (Å²) in [6.07, 6.45) is 3.00. The highest BCUT2D eigenvalue weighted by atomic mass is 35.5. The van der Waals surface area contributed by atoms with Crippen LogP contribution in [0.15, 0.2) is 29.5 Å². The van der Waals surface area contributed by atoms with Crippen molar-refractivity contribution in [3.8, 4) is 18.2 Å². The van der Waals surface area contributed by atoms with Crippen LogP contribution in [0.5, 0.6) is 0 Å². The fourth-order valence-electron chi connectivity index (χ4n) is 2.49. The number of likely N-dealkylation sites (tertiary alicyclic amines) is 1. The van der Waals surface area contributed by atoms with Crippen molar-refractivity contribution in [1.82, 2.24) is 4.90 Å². The molecule has 0 aliphatic carbocycles. The van der Waals surface area contributed by atoms with Crippen LogP contribution in [0.3, 0.4) is 0 Å². The van der Waals surface area contributed by atoms with Crippen LogP contribution in [-0.2, 0) is 0 Å². The smallest absolute Gasteiger partial charge is 0.256 e. The van der Waals surface area contributed by atoms with Gasteiger partial charge in [-0.05, 0) is 37.5 Å². The van der Waals surface area contributed by atoms with Crippen molar-refractivity contribution in [3.05, 3.63) is 40.1 Å². The monoisotopic (exact) mass is 339 g/mol. The molecule has 120 valence electrons. The van der Waals surface area contributed by atoms with E-state index in [0.717, 1.165) is 19.3 Å². The maximum Gasteiger partial charge on any atom is 0.256 e. The van der Waals surface area contributed by atoms with E-state index in [9.17, 15) is 4.79 Å². The van der Waals surface area contributed by atoms with Crippen LogP contribution < -0.4 is 5.32 Å². The summed E-state index contributed by atoms with van der Waals surface area (Å²) in [4.78, 5) is 14.5. The van der Waals surface area contributed by atoms with E-state index in [1.165, 1.54) is 6.07 Å². The van der Waals surface area contributed by atoms with Crippen molar-refractivity contribution in [2.24, 2.45) is 0 Å². The normalized spacial score (nSPS) is 13.2. The van der Waals surface area contributed by atoms with E-state index in [1.54, 1.807) is 35.2 Å². The highest BCUT2D eigenvalue weighted by molar-refractivity contribution is 6.31. The average Bonchev–Trinajstić information content (AvgIpc) is 2.63. The third kappa shape index (κ3) is 3.84. The van der Waals surface area contributed by atoms with Gasteiger partial charge in [0.25, 0.3) is 5.91 Å². The first-order valence-corrected chi connectivity index (χ1v) is 7.79. The predicted octanol–water partition coefficient (Wildman–Crippen LogP) is 3.20. The summed E-state index contributed by atoms with van der Waals surface area (Å²) in [5.41, 5.74) is 0.112. The molecule has 1 saturated heterocycles. The largest absolute Gasteiger partial charge is 0.344 e. The Balaban J connectivity index is 2.40. The predicted molar refractivity (Wildman–Crippen MR) is 88.7 cm³/mol. The summed E-state index contributed by atoms with van der Waals surface area (Å²) >= 11 is 6.01. The van der Waals surface area contributed by atoms with Crippen molar-refractivity contribution in [2.45, 2.75) is 19.3 Å². The molecular formula is C17H14ClN5O. The van der Waals surface area contributed by atoms with Crippen LogP contribution in [0, 0.1) is 34.0 Å². The van der Waals surface area contributed by atoms with Crippen molar-refractivity contribution >= 4 is 23.2 Å². The molecule has 0 spiro atoms. The number of piperidine rings is 1. The Labute approximate surface area is 145 Å². The number of halogens is 1. The van der Waals surface area contributed by atoms with E-state index in [2.05, 4.69) is 5.32 Å². The van der Waals surface area contributed by atoms with Crippen molar-refractivity contribution in [2.75, 3.05) is 18.4 Å². The number of carbonyl (C=O) groups is 1. The minimum Gasteiger partial charge on any atom is -0.344 e. The van der Waals surface area contributed by atoms with Gasteiger partial charge < -0.3 is 10.2 Å². The zero-order valence-corrected chi connectivity index (χ0v) is 13.6. The summed E-state index contributed by atoms with van der Waals surface area (Å²) in [7, 11) is 0. The van der Waals surface area contributed by atoms with Gasteiger partial charge in [-0.25, -0.2) is 0 Å². The van der Waals surface area contributed by atoms with Crippen LogP contribution in [-0.4, -0.2) is 23.9 Å². The number of anilines is 1. The Kier molecular flexibility index (Phi) is 5.79. The molecule has 1 aromatic rings. The molecule has 1 aliphatic heterocycles. The van der Waals surface area contributed by atoms with Gasteiger partial charge in [0.2, 0.25) is 0 Å². The van der Waals surface area contributed by atoms with Gasteiger partial charge in [0.1, 0.15) is 23.9 Å². The third-order valence-electron chi connectivity index (χ3n) is 3.70. The molecule has 1 N–H and O–H groups in total.